The van der Waals surface area contributed by atoms with Crippen LogP contribution < -0.4 is 10.1 Å². The minimum atomic E-state index is -0.476. The average Bonchev–Trinajstić information content (AvgIpc) is 2.78. The van der Waals surface area contributed by atoms with Gasteiger partial charge in [-0.3, -0.25) is 4.79 Å². The van der Waals surface area contributed by atoms with E-state index in [4.69, 9.17) is 9.47 Å². The van der Waals surface area contributed by atoms with E-state index in [9.17, 15) is 9.18 Å². The van der Waals surface area contributed by atoms with Crippen molar-refractivity contribution in [1.82, 2.24) is 15.3 Å². The molecule has 0 saturated carbocycles. The molecule has 3 aromatic rings. The zero-order valence-corrected chi connectivity index (χ0v) is 19.2. The summed E-state index contributed by atoms with van der Waals surface area (Å²) in [6, 6.07) is 11.5. The van der Waals surface area contributed by atoms with Gasteiger partial charge in [-0.2, -0.15) is 0 Å². The minimum Gasteiger partial charge on any atom is -0.496 e. The molecular formula is C24H27ClFN3O3. The Bertz CT molecular complexity index is 1050. The number of hydrogen-bond acceptors (Lipinski definition) is 6. The predicted molar refractivity (Wildman–Crippen MR) is 124 cm³/mol. The van der Waals surface area contributed by atoms with Crippen LogP contribution in [0.25, 0.3) is 22.5 Å². The van der Waals surface area contributed by atoms with Crippen molar-refractivity contribution in [3.8, 4) is 28.3 Å². The molecule has 0 spiro atoms. The van der Waals surface area contributed by atoms with Gasteiger partial charge in [-0.25, -0.2) is 14.4 Å². The highest BCUT2D eigenvalue weighted by Crippen LogP contribution is 2.35. The quantitative estimate of drug-likeness (QED) is 0.471. The molecule has 1 aromatic heterocycles. The van der Waals surface area contributed by atoms with E-state index in [-0.39, 0.29) is 24.8 Å². The number of halogens is 2. The van der Waals surface area contributed by atoms with E-state index in [1.807, 2.05) is 43.3 Å². The lowest BCUT2D eigenvalue weighted by atomic mass is 9.94. The van der Waals surface area contributed by atoms with Gasteiger partial charge in [0.25, 0.3) is 0 Å². The van der Waals surface area contributed by atoms with E-state index in [2.05, 4.69) is 15.3 Å². The number of carbonyl (C=O) groups excluding carboxylic acids is 1. The number of rotatable bonds is 9. The molecular weight excluding hydrogens is 433 g/mol. The second-order valence-electron chi connectivity index (χ2n) is 6.89. The van der Waals surface area contributed by atoms with Crippen LogP contribution in [-0.2, 0) is 22.5 Å². The van der Waals surface area contributed by atoms with E-state index in [0.29, 0.717) is 24.7 Å². The fourth-order valence-electron chi connectivity index (χ4n) is 3.32. The van der Waals surface area contributed by atoms with Gasteiger partial charge in [0.05, 0.1) is 32.5 Å². The first-order valence-corrected chi connectivity index (χ1v) is 10.2. The molecule has 8 heteroatoms. The van der Waals surface area contributed by atoms with Crippen LogP contribution in [0, 0.1) is 5.82 Å². The van der Waals surface area contributed by atoms with Gasteiger partial charge in [-0.1, -0.05) is 25.1 Å². The predicted octanol–water partition coefficient (Wildman–Crippen LogP) is 4.60. The molecule has 0 aliphatic heterocycles. The standard InChI is InChI=1S/C24H26FN3O3.ClH/c1-4-26-13-18-12-17(24-27-14-19(25)15-28-24)7-8-20(18)21-10-16(6-9-22(21)30-3)11-23(29)31-5-2;/h6-10,12,14-15,26H,4-5,11,13H2,1-3H3;1H. The fourth-order valence-corrected chi connectivity index (χ4v) is 3.32. The second kappa shape index (κ2) is 12.1. The number of ether oxygens (including phenoxy) is 2. The van der Waals surface area contributed by atoms with Crippen molar-refractivity contribution >= 4 is 18.4 Å². The van der Waals surface area contributed by atoms with Crippen LogP contribution in [0.1, 0.15) is 25.0 Å². The van der Waals surface area contributed by atoms with Crippen molar-refractivity contribution in [2.75, 3.05) is 20.3 Å². The third-order valence-corrected chi connectivity index (χ3v) is 4.76. The van der Waals surface area contributed by atoms with Crippen LogP contribution in [0.2, 0.25) is 0 Å². The third kappa shape index (κ3) is 6.24. The van der Waals surface area contributed by atoms with Crippen LogP contribution in [-0.4, -0.2) is 36.2 Å². The zero-order valence-electron chi connectivity index (χ0n) is 18.4. The molecule has 2 aromatic carbocycles. The summed E-state index contributed by atoms with van der Waals surface area (Å²) in [6.45, 7) is 5.59. The Morgan fingerprint density at radius 1 is 1.06 bits per heavy atom. The Balaban J connectivity index is 0.00000363. The molecule has 0 bridgehead atoms. The Hall–Kier alpha value is -3.03. The lowest BCUT2D eigenvalue weighted by Gasteiger charge is -2.16. The van der Waals surface area contributed by atoms with Crippen molar-refractivity contribution in [2.45, 2.75) is 26.8 Å². The summed E-state index contributed by atoms with van der Waals surface area (Å²) in [4.78, 5) is 20.1. The topological polar surface area (TPSA) is 73.3 Å². The molecule has 0 saturated heterocycles. The molecule has 6 nitrogen and oxygen atoms in total. The fraction of sp³-hybridized carbons (Fsp3) is 0.292. The largest absolute Gasteiger partial charge is 0.496 e. The number of hydrogen-bond donors (Lipinski definition) is 1. The van der Waals surface area contributed by atoms with Crippen LogP contribution in [0.4, 0.5) is 4.39 Å². The lowest BCUT2D eigenvalue weighted by Crippen LogP contribution is -2.13. The number of esters is 1. The van der Waals surface area contributed by atoms with Crippen LogP contribution in [0.15, 0.2) is 48.8 Å². The van der Waals surface area contributed by atoms with Crippen molar-refractivity contribution in [3.05, 3.63) is 65.7 Å². The average molecular weight is 460 g/mol. The molecule has 0 unspecified atom stereocenters. The maximum Gasteiger partial charge on any atom is 0.310 e. The maximum atomic E-state index is 13.2. The van der Waals surface area contributed by atoms with Gasteiger partial charge in [0.1, 0.15) is 5.75 Å². The molecule has 0 aliphatic carbocycles. The molecule has 1 N–H and O–H groups in total. The van der Waals surface area contributed by atoms with Gasteiger partial charge >= 0.3 is 5.97 Å². The molecule has 0 amide bonds. The van der Waals surface area contributed by atoms with Crippen molar-refractivity contribution in [3.63, 3.8) is 0 Å². The Morgan fingerprint density at radius 2 is 1.81 bits per heavy atom. The van der Waals surface area contributed by atoms with E-state index in [1.165, 1.54) is 0 Å². The third-order valence-electron chi connectivity index (χ3n) is 4.76. The summed E-state index contributed by atoms with van der Waals surface area (Å²) in [5.41, 5.74) is 4.49. The van der Waals surface area contributed by atoms with Crippen molar-refractivity contribution < 1.29 is 18.7 Å². The van der Waals surface area contributed by atoms with E-state index in [1.54, 1.807) is 14.0 Å². The molecule has 1 heterocycles. The second-order valence-corrected chi connectivity index (χ2v) is 6.89. The Kier molecular flexibility index (Phi) is 9.56. The van der Waals surface area contributed by atoms with E-state index < -0.39 is 5.82 Å². The van der Waals surface area contributed by atoms with Gasteiger partial charge in [0, 0.05) is 17.7 Å². The zero-order chi connectivity index (χ0) is 22.2. The summed E-state index contributed by atoms with van der Waals surface area (Å²) in [5.74, 6) is 0.413. The summed E-state index contributed by atoms with van der Waals surface area (Å²) >= 11 is 0. The van der Waals surface area contributed by atoms with Crippen LogP contribution in [0.5, 0.6) is 5.75 Å². The van der Waals surface area contributed by atoms with Crippen molar-refractivity contribution in [1.29, 1.82) is 0 Å². The van der Waals surface area contributed by atoms with Gasteiger partial charge in [0.2, 0.25) is 0 Å². The molecule has 0 aliphatic rings. The molecule has 0 fully saturated rings. The first-order valence-electron chi connectivity index (χ1n) is 10.2. The maximum absolute atomic E-state index is 13.2. The van der Waals surface area contributed by atoms with Gasteiger partial charge < -0.3 is 14.8 Å². The van der Waals surface area contributed by atoms with E-state index >= 15 is 0 Å². The summed E-state index contributed by atoms with van der Waals surface area (Å²) in [7, 11) is 1.62. The first kappa shape index (κ1) is 25.2. The molecule has 170 valence electrons. The highest BCUT2D eigenvalue weighted by atomic mass is 35.5. The SMILES string of the molecule is CCNCc1cc(-c2ncc(F)cn2)ccc1-c1cc(CC(=O)OCC)ccc1OC.Cl. The lowest BCUT2D eigenvalue weighted by molar-refractivity contribution is -0.142. The van der Waals surface area contributed by atoms with Gasteiger partial charge in [-0.15, -0.1) is 12.4 Å². The number of aromatic nitrogens is 2. The summed E-state index contributed by atoms with van der Waals surface area (Å²) < 4.78 is 23.9. The highest BCUT2D eigenvalue weighted by molar-refractivity contribution is 5.85. The monoisotopic (exact) mass is 459 g/mol. The van der Waals surface area contributed by atoms with Gasteiger partial charge in [-0.05, 0) is 48.4 Å². The van der Waals surface area contributed by atoms with Crippen LogP contribution in [0.3, 0.4) is 0 Å². The smallest absolute Gasteiger partial charge is 0.310 e. The minimum absolute atomic E-state index is 0. The molecule has 3 rings (SSSR count). The number of methoxy groups -OCH3 is 1. The van der Waals surface area contributed by atoms with Crippen molar-refractivity contribution in [2.24, 2.45) is 0 Å². The first-order chi connectivity index (χ1) is 15.0. The highest BCUT2D eigenvalue weighted by Gasteiger charge is 2.15. The number of nitrogens with one attached hydrogen (secondary N) is 1. The number of nitrogens with zero attached hydrogens (tertiary/aromatic N) is 2. The normalized spacial score (nSPS) is 10.4. The number of benzene rings is 2. The molecule has 32 heavy (non-hydrogen) atoms. The number of carbonyl (C=O) groups is 1. The van der Waals surface area contributed by atoms with Gasteiger partial charge in [0.15, 0.2) is 11.6 Å². The van der Waals surface area contributed by atoms with Crippen LogP contribution >= 0.6 is 12.4 Å². The molecule has 0 radical (unpaired) electrons. The van der Waals surface area contributed by atoms with E-state index in [0.717, 1.165) is 46.8 Å². The Labute approximate surface area is 193 Å². The summed E-state index contributed by atoms with van der Waals surface area (Å²) in [6.07, 6.45) is 2.50. The Morgan fingerprint density at radius 3 is 2.47 bits per heavy atom. The summed E-state index contributed by atoms with van der Waals surface area (Å²) in [5, 5.41) is 3.35. The molecule has 0 atom stereocenters.